The van der Waals surface area contributed by atoms with E-state index in [0.717, 1.165) is 11.3 Å². The molecule has 0 bridgehead atoms. The second-order valence-electron chi connectivity index (χ2n) is 6.74. The lowest BCUT2D eigenvalue weighted by Crippen LogP contribution is -2.39. The lowest BCUT2D eigenvalue weighted by molar-refractivity contribution is -0.684. The molecule has 136 valence electrons. The number of hydrogen-bond donors (Lipinski definition) is 1. The summed E-state index contributed by atoms with van der Waals surface area (Å²) in [7, 11) is 0. The number of amides is 1. The summed E-state index contributed by atoms with van der Waals surface area (Å²) in [5, 5.41) is 2.98. The zero-order valence-corrected chi connectivity index (χ0v) is 15.6. The van der Waals surface area contributed by atoms with Crippen LogP contribution < -0.4 is 9.88 Å². The fourth-order valence-electron chi connectivity index (χ4n) is 2.94. The van der Waals surface area contributed by atoms with Crippen molar-refractivity contribution in [2.24, 2.45) is 0 Å². The summed E-state index contributed by atoms with van der Waals surface area (Å²) < 4.78 is 1.76. The van der Waals surface area contributed by atoms with Gasteiger partial charge in [-0.25, -0.2) is 0 Å². The van der Waals surface area contributed by atoms with Gasteiger partial charge in [-0.15, -0.1) is 0 Å². The van der Waals surface area contributed by atoms with Gasteiger partial charge in [0.2, 0.25) is 6.54 Å². The lowest BCUT2D eigenvalue weighted by atomic mass is 10.0. The van der Waals surface area contributed by atoms with E-state index in [-0.39, 0.29) is 18.2 Å². The van der Waals surface area contributed by atoms with Gasteiger partial charge in [0, 0.05) is 28.9 Å². The van der Waals surface area contributed by atoms with Crippen molar-refractivity contribution in [3.05, 3.63) is 95.8 Å². The highest BCUT2D eigenvalue weighted by Crippen LogP contribution is 2.23. The van der Waals surface area contributed by atoms with Crippen molar-refractivity contribution < 1.29 is 14.2 Å². The molecule has 1 amide bonds. The van der Waals surface area contributed by atoms with Gasteiger partial charge in [0.15, 0.2) is 18.2 Å². The Labute approximate surface area is 159 Å². The third-order valence-electron chi connectivity index (χ3n) is 4.37. The molecule has 0 aliphatic rings. The summed E-state index contributed by atoms with van der Waals surface area (Å²) in [5.41, 5.74) is 3.20. The van der Waals surface area contributed by atoms with Crippen LogP contribution in [0.1, 0.15) is 41.3 Å². The Hall–Kier alpha value is -3.27. The number of carbonyl (C=O) groups excluding carboxylic acids is 2. The minimum absolute atomic E-state index is 0.0296. The number of aromatic nitrogens is 1. The van der Waals surface area contributed by atoms with Crippen LogP contribution in [-0.4, -0.2) is 11.7 Å². The van der Waals surface area contributed by atoms with Crippen molar-refractivity contribution in [3.8, 4) is 0 Å². The van der Waals surface area contributed by atoms with Gasteiger partial charge in [-0.05, 0) is 17.5 Å². The molecule has 3 aromatic rings. The molecule has 0 saturated heterocycles. The zero-order valence-electron chi connectivity index (χ0n) is 15.6. The van der Waals surface area contributed by atoms with E-state index in [9.17, 15) is 9.59 Å². The van der Waals surface area contributed by atoms with Gasteiger partial charge in [0.25, 0.3) is 5.91 Å². The van der Waals surface area contributed by atoms with Crippen LogP contribution in [0, 0.1) is 0 Å². The molecule has 0 aliphatic heterocycles. The van der Waals surface area contributed by atoms with E-state index in [0.29, 0.717) is 17.0 Å². The number of benzene rings is 2. The molecule has 0 aliphatic carbocycles. The lowest BCUT2D eigenvalue weighted by Gasteiger charge is -2.12. The third-order valence-corrected chi connectivity index (χ3v) is 4.37. The second kappa shape index (κ2) is 8.41. The molecule has 0 saturated carbocycles. The van der Waals surface area contributed by atoms with Gasteiger partial charge in [-0.3, -0.25) is 9.59 Å². The average Bonchev–Trinajstić information content (AvgIpc) is 2.69. The quantitative estimate of drug-likeness (QED) is 0.535. The summed E-state index contributed by atoms with van der Waals surface area (Å²) in [6.45, 7) is 4.39. The first-order chi connectivity index (χ1) is 13.0. The number of para-hydroxylation sites is 1. The zero-order chi connectivity index (χ0) is 19.2. The van der Waals surface area contributed by atoms with Crippen LogP contribution in [0.5, 0.6) is 0 Å². The summed E-state index contributed by atoms with van der Waals surface area (Å²) in [6.07, 6.45) is 3.51. The number of nitrogens with one attached hydrogen (secondary N) is 1. The molecule has 0 fully saturated rings. The topological polar surface area (TPSA) is 50.1 Å². The molecule has 0 atom stereocenters. The van der Waals surface area contributed by atoms with Crippen molar-refractivity contribution >= 4 is 17.4 Å². The monoisotopic (exact) mass is 359 g/mol. The van der Waals surface area contributed by atoms with Gasteiger partial charge in [-0.2, -0.15) is 4.57 Å². The van der Waals surface area contributed by atoms with Crippen LogP contribution in [0.2, 0.25) is 0 Å². The van der Waals surface area contributed by atoms with Crippen LogP contribution in [-0.2, 0) is 11.3 Å². The predicted octanol–water partition coefficient (Wildman–Crippen LogP) is 3.97. The van der Waals surface area contributed by atoms with Crippen molar-refractivity contribution in [3.63, 3.8) is 0 Å². The van der Waals surface area contributed by atoms with E-state index in [1.165, 1.54) is 0 Å². The van der Waals surface area contributed by atoms with E-state index in [2.05, 4.69) is 19.2 Å². The fourth-order valence-corrected chi connectivity index (χ4v) is 2.94. The SMILES string of the molecule is CC(C)c1ccccc1NC(=O)C[n+]1ccc(C(=O)c2ccccc2)cc1. The number of hydrogen-bond acceptors (Lipinski definition) is 2. The van der Waals surface area contributed by atoms with Crippen LogP contribution in [0.25, 0.3) is 0 Å². The summed E-state index contributed by atoms with van der Waals surface area (Å²) >= 11 is 0. The molecule has 1 N–H and O–H groups in total. The maximum absolute atomic E-state index is 12.4. The van der Waals surface area contributed by atoms with Gasteiger partial charge >= 0.3 is 0 Å². The van der Waals surface area contributed by atoms with Gasteiger partial charge in [-0.1, -0.05) is 62.4 Å². The molecule has 0 unspecified atom stereocenters. The Morgan fingerprint density at radius 1 is 0.852 bits per heavy atom. The number of nitrogens with zero attached hydrogens (tertiary/aromatic N) is 1. The Kier molecular flexibility index (Phi) is 5.77. The molecule has 0 radical (unpaired) electrons. The van der Waals surface area contributed by atoms with Crippen LogP contribution in [0.15, 0.2) is 79.1 Å². The predicted molar refractivity (Wildman–Crippen MR) is 106 cm³/mol. The summed E-state index contributed by atoms with van der Waals surface area (Å²) in [6, 6.07) is 20.5. The molecule has 1 heterocycles. The van der Waals surface area contributed by atoms with Crippen molar-refractivity contribution in [1.82, 2.24) is 0 Å². The second-order valence-corrected chi connectivity index (χ2v) is 6.74. The number of anilines is 1. The molecular weight excluding hydrogens is 336 g/mol. The molecular formula is C23H23N2O2+. The van der Waals surface area contributed by atoms with Crippen LogP contribution >= 0.6 is 0 Å². The molecule has 1 aromatic heterocycles. The Morgan fingerprint density at radius 2 is 1.44 bits per heavy atom. The summed E-state index contributed by atoms with van der Waals surface area (Å²) in [5.74, 6) is 0.200. The van der Waals surface area contributed by atoms with Crippen molar-refractivity contribution in [2.75, 3.05) is 5.32 Å². The van der Waals surface area contributed by atoms with E-state index in [4.69, 9.17) is 0 Å². The fraction of sp³-hybridized carbons (Fsp3) is 0.174. The van der Waals surface area contributed by atoms with Crippen molar-refractivity contribution in [2.45, 2.75) is 26.3 Å². The van der Waals surface area contributed by atoms with E-state index in [1.807, 2.05) is 42.5 Å². The number of rotatable bonds is 6. The Morgan fingerprint density at radius 3 is 2.11 bits per heavy atom. The number of ketones is 1. The minimum Gasteiger partial charge on any atom is -0.320 e. The van der Waals surface area contributed by atoms with Crippen LogP contribution in [0.4, 0.5) is 5.69 Å². The molecule has 4 nitrogen and oxygen atoms in total. The van der Waals surface area contributed by atoms with E-state index < -0.39 is 0 Å². The highest BCUT2D eigenvalue weighted by atomic mass is 16.2. The minimum atomic E-state index is -0.102. The largest absolute Gasteiger partial charge is 0.320 e. The molecule has 3 rings (SSSR count). The number of carbonyl (C=O) groups is 2. The number of pyridine rings is 1. The molecule has 0 spiro atoms. The third kappa shape index (κ3) is 4.67. The Bertz CT molecular complexity index is 932. The summed E-state index contributed by atoms with van der Waals surface area (Å²) in [4.78, 5) is 24.8. The standard InChI is InChI=1S/C23H22N2O2/c1-17(2)20-10-6-7-11-21(20)24-22(26)16-25-14-12-19(13-15-25)23(27)18-8-4-3-5-9-18/h3-15,17H,16H2,1-2H3/p+1. The first-order valence-electron chi connectivity index (χ1n) is 9.02. The highest BCUT2D eigenvalue weighted by Gasteiger charge is 2.15. The average molecular weight is 359 g/mol. The first-order valence-corrected chi connectivity index (χ1v) is 9.02. The highest BCUT2D eigenvalue weighted by molar-refractivity contribution is 6.08. The van der Waals surface area contributed by atoms with Crippen LogP contribution in [0.3, 0.4) is 0 Å². The molecule has 4 heteroatoms. The maximum atomic E-state index is 12.4. The van der Waals surface area contributed by atoms with Crippen molar-refractivity contribution in [1.29, 1.82) is 0 Å². The normalized spacial score (nSPS) is 10.6. The van der Waals surface area contributed by atoms with Gasteiger partial charge in [0.1, 0.15) is 0 Å². The Balaban J connectivity index is 1.66. The molecule has 27 heavy (non-hydrogen) atoms. The van der Waals surface area contributed by atoms with Gasteiger partial charge < -0.3 is 5.32 Å². The van der Waals surface area contributed by atoms with E-state index >= 15 is 0 Å². The maximum Gasteiger partial charge on any atom is 0.290 e. The van der Waals surface area contributed by atoms with E-state index in [1.54, 1.807) is 41.2 Å². The van der Waals surface area contributed by atoms with Gasteiger partial charge in [0.05, 0.1) is 0 Å². The molecule has 2 aromatic carbocycles. The first kappa shape index (κ1) is 18.5. The smallest absolute Gasteiger partial charge is 0.290 e.